The molecule has 6 nitrogen and oxygen atoms in total. The molecule has 114 valence electrons. The summed E-state index contributed by atoms with van der Waals surface area (Å²) in [5.74, 6) is -0.737. The molecule has 22 heavy (non-hydrogen) atoms. The fourth-order valence-electron chi connectivity index (χ4n) is 1.89. The van der Waals surface area contributed by atoms with Crippen molar-refractivity contribution in [1.82, 2.24) is 9.97 Å². The number of aromatic nitrogens is 2. The van der Waals surface area contributed by atoms with Crippen LogP contribution >= 0.6 is 0 Å². The topological polar surface area (TPSA) is 111 Å². The minimum absolute atomic E-state index is 0.0412. The molecule has 1 aromatic carbocycles. The predicted octanol–water partition coefficient (Wildman–Crippen LogP) is 2.21. The summed E-state index contributed by atoms with van der Waals surface area (Å²) in [7, 11) is 1.11. The number of anilines is 2. The molecule has 0 fully saturated rings. The number of alkyl halides is 3. The van der Waals surface area contributed by atoms with Crippen LogP contribution in [0.1, 0.15) is 11.1 Å². The third-order valence-corrected chi connectivity index (χ3v) is 2.85. The first-order valence-electron chi connectivity index (χ1n) is 5.86. The average Bonchev–Trinajstić information content (AvgIpc) is 2.44. The van der Waals surface area contributed by atoms with Gasteiger partial charge in [0.25, 0.3) is 0 Å². The summed E-state index contributed by atoms with van der Waals surface area (Å²) in [6.45, 7) is 0. The molecule has 0 bridgehead atoms. The van der Waals surface area contributed by atoms with E-state index in [1.165, 1.54) is 0 Å². The predicted molar refractivity (Wildman–Crippen MR) is 72.6 cm³/mol. The Hall–Kier alpha value is -3.02. The smallest absolute Gasteiger partial charge is 0.419 e. The molecular formula is C13H10F3N5O. The second-order valence-electron chi connectivity index (χ2n) is 4.22. The van der Waals surface area contributed by atoms with E-state index in [1.54, 1.807) is 6.07 Å². The first kappa shape index (κ1) is 15.4. The zero-order valence-electron chi connectivity index (χ0n) is 11.3. The Labute approximate surface area is 123 Å². The molecule has 1 heterocycles. The lowest BCUT2D eigenvalue weighted by Crippen LogP contribution is -2.08. The molecule has 9 heteroatoms. The Balaban J connectivity index is 2.68. The van der Waals surface area contributed by atoms with Crippen LogP contribution in [-0.4, -0.2) is 17.1 Å². The van der Waals surface area contributed by atoms with Gasteiger partial charge in [-0.05, 0) is 12.1 Å². The van der Waals surface area contributed by atoms with E-state index in [2.05, 4.69) is 9.97 Å². The summed E-state index contributed by atoms with van der Waals surface area (Å²) in [5.41, 5.74) is 10.3. The van der Waals surface area contributed by atoms with Crippen LogP contribution in [0.25, 0.3) is 11.3 Å². The normalized spacial score (nSPS) is 11.0. The fourth-order valence-corrected chi connectivity index (χ4v) is 1.89. The van der Waals surface area contributed by atoms with Crippen molar-refractivity contribution < 1.29 is 17.9 Å². The van der Waals surface area contributed by atoms with Crippen LogP contribution in [-0.2, 0) is 6.18 Å². The molecule has 0 aliphatic rings. The Morgan fingerprint density at radius 1 is 1.23 bits per heavy atom. The number of halogens is 3. The molecule has 1 aromatic heterocycles. The number of nitrogens with zero attached hydrogens (tertiary/aromatic N) is 3. The molecule has 0 aliphatic heterocycles. The number of methoxy groups -OCH3 is 1. The highest BCUT2D eigenvalue weighted by Gasteiger charge is 2.34. The van der Waals surface area contributed by atoms with Crippen LogP contribution in [0, 0.1) is 11.3 Å². The molecule has 0 amide bonds. The first-order valence-corrected chi connectivity index (χ1v) is 5.86. The maximum Gasteiger partial charge on any atom is 0.419 e. The maximum absolute atomic E-state index is 12.8. The highest BCUT2D eigenvalue weighted by atomic mass is 19.4. The lowest BCUT2D eigenvalue weighted by Gasteiger charge is -2.14. The number of nitriles is 1. The minimum Gasteiger partial charge on any atom is -0.496 e. The van der Waals surface area contributed by atoms with E-state index in [0.29, 0.717) is 0 Å². The summed E-state index contributed by atoms with van der Waals surface area (Å²) in [5, 5.41) is 9.10. The van der Waals surface area contributed by atoms with Crippen molar-refractivity contribution in [3.05, 3.63) is 29.3 Å². The standard InChI is InChI=1S/C13H10F3N5O/c1-22-9-4-6(2-3-8(9)13(14,15)16)10-7(5-17)11(18)21-12(19)20-10/h2-4H,1H3,(H4,18,19,20,21). The molecule has 0 saturated carbocycles. The Bertz CT molecular complexity index is 767. The van der Waals surface area contributed by atoms with Gasteiger partial charge < -0.3 is 16.2 Å². The van der Waals surface area contributed by atoms with Crippen LogP contribution in [0.3, 0.4) is 0 Å². The van der Waals surface area contributed by atoms with Gasteiger partial charge in [-0.25, -0.2) is 4.98 Å². The summed E-state index contributed by atoms with van der Waals surface area (Å²) in [4.78, 5) is 7.51. The van der Waals surface area contributed by atoms with Gasteiger partial charge in [-0.15, -0.1) is 0 Å². The van der Waals surface area contributed by atoms with Gasteiger partial charge in [0.15, 0.2) is 0 Å². The molecule has 0 spiro atoms. The lowest BCUT2D eigenvalue weighted by atomic mass is 10.0. The number of benzene rings is 1. The van der Waals surface area contributed by atoms with Crippen LogP contribution in [0.2, 0.25) is 0 Å². The van der Waals surface area contributed by atoms with E-state index in [-0.39, 0.29) is 28.6 Å². The highest BCUT2D eigenvalue weighted by molar-refractivity contribution is 5.74. The molecule has 0 saturated heterocycles. The number of nitrogen functional groups attached to an aromatic ring is 2. The molecule has 0 unspecified atom stereocenters. The van der Waals surface area contributed by atoms with Crippen LogP contribution in [0.15, 0.2) is 18.2 Å². The average molecular weight is 309 g/mol. The second kappa shape index (κ2) is 5.40. The largest absolute Gasteiger partial charge is 0.496 e. The third kappa shape index (κ3) is 2.71. The summed E-state index contributed by atoms with van der Waals surface area (Å²) in [6.07, 6.45) is -4.56. The summed E-state index contributed by atoms with van der Waals surface area (Å²) < 4.78 is 43.3. The van der Waals surface area contributed by atoms with Crippen molar-refractivity contribution >= 4 is 11.8 Å². The summed E-state index contributed by atoms with van der Waals surface area (Å²) in [6, 6.07) is 4.92. The number of hydrogen-bond acceptors (Lipinski definition) is 6. The zero-order valence-corrected chi connectivity index (χ0v) is 11.3. The highest BCUT2D eigenvalue weighted by Crippen LogP contribution is 2.38. The molecule has 0 radical (unpaired) electrons. The second-order valence-corrected chi connectivity index (χ2v) is 4.22. The van der Waals surface area contributed by atoms with Crippen LogP contribution in [0.5, 0.6) is 5.75 Å². The van der Waals surface area contributed by atoms with E-state index in [1.807, 2.05) is 0 Å². The molecule has 2 rings (SSSR count). The molecule has 0 aliphatic carbocycles. The van der Waals surface area contributed by atoms with Gasteiger partial charge in [0.1, 0.15) is 23.2 Å². The Morgan fingerprint density at radius 3 is 2.45 bits per heavy atom. The minimum atomic E-state index is -4.56. The third-order valence-electron chi connectivity index (χ3n) is 2.85. The summed E-state index contributed by atoms with van der Waals surface area (Å²) >= 11 is 0. The zero-order chi connectivity index (χ0) is 16.5. The SMILES string of the molecule is COc1cc(-c2nc(N)nc(N)c2C#N)ccc1C(F)(F)F. The monoisotopic (exact) mass is 309 g/mol. The lowest BCUT2D eigenvalue weighted by molar-refractivity contribution is -0.138. The van der Waals surface area contributed by atoms with Crippen LogP contribution in [0.4, 0.5) is 24.9 Å². The molecular weight excluding hydrogens is 299 g/mol. The van der Waals surface area contributed by atoms with Crippen molar-refractivity contribution in [3.63, 3.8) is 0 Å². The van der Waals surface area contributed by atoms with Gasteiger partial charge in [0, 0.05) is 5.56 Å². The van der Waals surface area contributed by atoms with Gasteiger partial charge in [-0.1, -0.05) is 6.07 Å². The quantitative estimate of drug-likeness (QED) is 0.879. The van der Waals surface area contributed by atoms with Crippen molar-refractivity contribution in [1.29, 1.82) is 5.26 Å². The Morgan fingerprint density at radius 2 is 1.91 bits per heavy atom. The van der Waals surface area contributed by atoms with Crippen molar-refractivity contribution in [3.8, 4) is 23.1 Å². The molecule has 0 atom stereocenters. The Kier molecular flexibility index (Phi) is 3.77. The first-order chi connectivity index (χ1) is 10.3. The van der Waals surface area contributed by atoms with E-state index >= 15 is 0 Å². The van der Waals surface area contributed by atoms with E-state index in [4.69, 9.17) is 21.5 Å². The molecule has 4 N–H and O–H groups in total. The van der Waals surface area contributed by atoms with Crippen molar-refractivity contribution in [2.24, 2.45) is 0 Å². The van der Waals surface area contributed by atoms with Gasteiger partial charge in [0.05, 0.1) is 18.4 Å². The molecule has 2 aromatic rings. The van der Waals surface area contributed by atoms with Gasteiger partial charge in [-0.2, -0.15) is 23.4 Å². The van der Waals surface area contributed by atoms with Crippen LogP contribution < -0.4 is 16.2 Å². The van der Waals surface area contributed by atoms with Gasteiger partial charge in [0.2, 0.25) is 5.95 Å². The number of rotatable bonds is 2. The van der Waals surface area contributed by atoms with E-state index < -0.39 is 17.5 Å². The van der Waals surface area contributed by atoms with Crippen molar-refractivity contribution in [2.45, 2.75) is 6.18 Å². The maximum atomic E-state index is 12.8. The number of nitrogens with two attached hydrogens (primary N) is 2. The number of ether oxygens (including phenoxy) is 1. The van der Waals surface area contributed by atoms with Crippen molar-refractivity contribution in [2.75, 3.05) is 18.6 Å². The van der Waals surface area contributed by atoms with E-state index in [0.717, 1.165) is 25.3 Å². The van der Waals surface area contributed by atoms with Gasteiger partial charge >= 0.3 is 6.18 Å². The van der Waals surface area contributed by atoms with Gasteiger partial charge in [-0.3, -0.25) is 0 Å². The number of hydrogen-bond donors (Lipinski definition) is 2. The fraction of sp³-hybridized carbons (Fsp3) is 0.154. The van der Waals surface area contributed by atoms with E-state index in [9.17, 15) is 13.2 Å².